The Balaban J connectivity index is 3.93. The van der Waals surface area contributed by atoms with Gasteiger partial charge in [-0.05, 0) is 159 Å². The van der Waals surface area contributed by atoms with Crippen molar-refractivity contribution in [1.29, 1.82) is 27.0 Å². The summed E-state index contributed by atoms with van der Waals surface area (Å²) in [5, 5.41) is 121. The van der Waals surface area contributed by atoms with Gasteiger partial charge in [-0.25, -0.2) is 4.79 Å². The van der Waals surface area contributed by atoms with Crippen molar-refractivity contribution < 1.29 is 106 Å². The summed E-state index contributed by atoms with van der Waals surface area (Å²) in [6.07, 6.45) is -3.32. The summed E-state index contributed by atoms with van der Waals surface area (Å²) in [4.78, 5) is 264. The van der Waals surface area contributed by atoms with Crippen molar-refractivity contribution in [2.75, 3.05) is 69.3 Å². The maximum absolute atomic E-state index is 15.0. The lowest BCUT2D eigenvalue weighted by Gasteiger charge is -2.30. The van der Waals surface area contributed by atoms with Crippen LogP contribution in [0.1, 0.15) is 176 Å². The third-order valence-electron chi connectivity index (χ3n) is 21.5. The molecule has 0 spiro atoms. The van der Waals surface area contributed by atoms with Crippen molar-refractivity contribution in [2.24, 2.45) is 57.7 Å². The lowest BCUT2D eigenvalue weighted by molar-refractivity contribution is -0.147. The highest BCUT2D eigenvalue weighted by molar-refractivity contribution is 7.98. The molecule has 0 radical (unpaired) electrons. The molecule has 792 valence electrons. The third-order valence-corrected chi connectivity index (χ3v) is 22.8. The number of aliphatic hydroxyl groups is 1. The number of thioether (sulfide) groups is 1. The molecule has 0 aromatic rings. The number of primary amides is 2. The van der Waals surface area contributed by atoms with Crippen LogP contribution in [0.25, 0.3) is 0 Å². The van der Waals surface area contributed by atoms with Gasteiger partial charge in [-0.2, -0.15) is 37.0 Å². The molecule has 0 bridgehead atoms. The predicted molar refractivity (Wildman–Crippen MR) is 522 cm³/mol. The molecule has 45 N–H and O–H groups in total. The number of nitrogens with one attached hydrogen (secondary N) is 26. The van der Waals surface area contributed by atoms with Gasteiger partial charge in [0.2, 0.25) is 100 Å². The summed E-state index contributed by atoms with van der Waals surface area (Å²) in [6.45, 7) is 7.95. The fourth-order valence-electron chi connectivity index (χ4n) is 13.7. The first-order valence-corrected chi connectivity index (χ1v) is 48.4. The molecule has 56 nitrogen and oxygen atoms in total. The molecule has 0 unspecified atom stereocenters. The first-order chi connectivity index (χ1) is 65.9. The minimum Gasteiger partial charge on any atom is -0.481 e. The molecule has 0 aromatic carbocycles. The molecule has 17 amide bonds. The molecule has 1 heterocycles. The SMILES string of the molecule is CC[C@H](C)[C@H](NC(=O)[C@H](CCCNC(=N)N)NC(=O)[C@H](CC(N)=O)NC(=O)[C@H](CCCCN)NC(=O)[C@H](CCCNC(=N)N)NC(=O)[C@H](CCC(N)=O)NC(=O)[C@@H](NC(=O)[C@H](CS)NC(=O)[C@H](CCSC)NC(=O)[C@@H]1CCCN1)[C@@H](C)O)C(=O)N[C@@H](CCCNC(=N)N)C(=O)N[C@@H](CC(C)C)C(=O)N[C@@H](CS)C(=O)N[C@@H](CCCNC(=N)N)C(=O)N[C@@H](CCCNC(=N)N)C(=O)N[C@@H](CC(=O)O)C(=O)O. The van der Waals surface area contributed by atoms with E-state index in [1.807, 2.05) is 0 Å². The zero-order chi connectivity index (χ0) is 106. The summed E-state index contributed by atoms with van der Waals surface area (Å²) in [7, 11) is 0. The molecule has 1 fully saturated rings. The second-order valence-electron chi connectivity index (χ2n) is 33.6. The summed E-state index contributed by atoms with van der Waals surface area (Å²) in [5.74, 6) is -25.1. The van der Waals surface area contributed by atoms with E-state index < -0.39 is 288 Å². The summed E-state index contributed by atoms with van der Waals surface area (Å²) in [5.41, 5.74) is 44.6. The van der Waals surface area contributed by atoms with Gasteiger partial charge in [0.25, 0.3) is 0 Å². The normalized spacial score (nSPS) is 15.7. The average molecular weight is 2050 g/mol. The molecule has 0 aromatic heterocycles. The average Bonchev–Trinajstić information content (AvgIpc) is 1.02. The topological polar surface area (TPSA) is 965 Å². The van der Waals surface area contributed by atoms with Crippen LogP contribution in [-0.4, -0.2) is 330 Å². The van der Waals surface area contributed by atoms with E-state index in [1.165, 1.54) is 11.8 Å². The molecule has 140 heavy (non-hydrogen) atoms. The highest BCUT2D eigenvalue weighted by atomic mass is 32.2. The number of thiol groups is 2. The number of nitrogens with two attached hydrogens (primary N) is 8. The number of hydrogen-bond donors (Lipinski definition) is 39. The van der Waals surface area contributed by atoms with Crippen LogP contribution >= 0.6 is 37.0 Å². The van der Waals surface area contributed by atoms with Crippen LogP contribution in [0.15, 0.2) is 0 Å². The molecule has 59 heteroatoms. The Morgan fingerprint density at radius 2 is 0.686 bits per heavy atom. The van der Waals surface area contributed by atoms with E-state index in [-0.39, 0.29) is 148 Å². The molecule has 0 aliphatic carbocycles. The lowest BCUT2D eigenvalue weighted by atomic mass is 9.96. The third kappa shape index (κ3) is 51.7. The van der Waals surface area contributed by atoms with Gasteiger partial charge in [0.15, 0.2) is 29.8 Å². The lowest BCUT2D eigenvalue weighted by Crippen LogP contribution is -2.62. The highest BCUT2D eigenvalue weighted by Crippen LogP contribution is 2.17. The van der Waals surface area contributed by atoms with Gasteiger partial charge < -0.3 is 173 Å². The van der Waals surface area contributed by atoms with Crippen molar-refractivity contribution in [3.8, 4) is 0 Å². The number of carbonyl (C=O) groups excluding carboxylic acids is 17. The zero-order valence-electron chi connectivity index (χ0n) is 79.6. The smallest absolute Gasteiger partial charge is 0.326 e. The molecule has 1 aliphatic rings. The Hall–Kier alpha value is -12.8. The fraction of sp³-hybridized carbons (Fsp3) is 0.704. The predicted octanol–water partition coefficient (Wildman–Crippen LogP) is -11.8. The number of carbonyl (C=O) groups is 19. The monoisotopic (exact) mass is 2050 g/mol. The maximum Gasteiger partial charge on any atom is 0.326 e. The first-order valence-electron chi connectivity index (χ1n) is 45.7. The van der Waals surface area contributed by atoms with Crippen LogP contribution in [0.4, 0.5) is 0 Å². The molecule has 0 saturated carbocycles. The number of amides is 17. The minimum absolute atomic E-state index is 0.00326. The quantitative estimate of drug-likeness (QED) is 0.0116. The van der Waals surface area contributed by atoms with Gasteiger partial charge in [-0.3, -0.25) is 113 Å². The standard InChI is InChI=1S/C81H148N34O22S3/c1-7-40(4)59(74(134)107-47(21-14-31-99-80(91)92)65(125)109-51(34-39(2)3)70(130)113-54(37-138)72(132)105-45(19-12-29-97-78(87)88)63(123)102-46(20-13-30-98-79(89)90)66(126)111-53(76(136)137)36-58(119)120)114-69(129)48(22-15-32-100-81(93)94)104-71(131)52(35-57(84)118)110-64(124)43(16-8-9-26-82)101-62(122)44(18-11-28-96-77(85)86)103-67(127)49(23-24-56(83)117)108-75(135)60(41(5)116)115-73(133)55(38-139)112-68(128)50(25-33-140-6)106-61(121)42-17-10-27-95-42/h39-55,59-60,95,116,138-139H,7-38,82H2,1-6H3,(H2,83,117)(H2,84,118)(H,101,122)(H,102,123)(H,103,127)(H,104,131)(H,105,132)(H,106,121)(H,107,134)(H,108,135)(H,109,125)(H,110,124)(H,111,126)(H,112,128)(H,113,130)(H,114,129)(H,115,133)(H,119,120)(H,136,137)(H4,85,86,96)(H4,87,88,97)(H4,89,90,98)(H4,91,92,99)(H4,93,94,100)/t40-,41+,42-,43-,44-,45-,46-,47-,48-,49-,50-,51-,52-,53-,54-,55-,59-,60-/m0/s1. The van der Waals surface area contributed by atoms with Gasteiger partial charge in [0.1, 0.15) is 90.6 Å². The number of carboxylic acid groups (broad SMARTS) is 2. The second kappa shape index (κ2) is 68.3. The largest absolute Gasteiger partial charge is 0.481 e. The van der Waals surface area contributed by atoms with Crippen molar-refractivity contribution in [3.05, 3.63) is 0 Å². The molecule has 1 rings (SSSR count). The van der Waals surface area contributed by atoms with Gasteiger partial charge in [-0.15, -0.1) is 0 Å². The molecule has 1 aliphatic heterocycles. The summed E-state index contributed by atoms with van der Waals surface area (Å²) < 4.78 is 0. The highest BCUT2D eigenvalue weighted by Gasteiger charge is 2.41. The van der Waals surface area contributed by atoms with Crippen molar-refractivity contribution in [2.45, 2.75) is 279 Å². The number of guanidine groups is 5. The van der Waals surface area contributed by atoms with Gasteiger partial charge in [0, 0.05) is 50.7 Å². The van der Waals surface area contributed by atoms with E-state index >= 15 is 0 Å². The molecular formula is C81H148N34O22S3. The number of aliphatic carboxylic acids is 2. The van der Waals surface area contributed by atoms with Crippen molar-refractivity contribution >= 4 is 179 Å². The summed E-state index contributed by atoms with van der Waals surface area (Å²) in [6, 6.07) is -25.4. The Morgan fingerprint density at radius 3 is 1.01 bits per heavy atom. The van der Waals surface area contributed by atoms with E-state index in [0.29, 0.717) is 18.7 Å². The minimum atomic E-state index is -1.99. The van der Waals surface area contributed by atoms with Crippen LogP contribution in [0.2, 0.25) is 0 Å². The van der Waals surface area contributed by atoms with Gasteiger partial charge in [0.05, 0.1) is 25.0 Å². The Bertz CT molecular complexity index is 4180. The Labute approximate surface area is 826 Å². The second-order valence-corrected chi connectivity index (χ2v) is 35.3. The molecular weight excluding hydrogens is 1900 g/mol. The Kier molecular flexibility index (Phi) is 61.1. The van der Waals surface area contributed by atoms with E-state index in [1.54, 1.807) is 34.0 Å². The maximum atomic E-state index is 15.0. The van der Waals surface area contributed by atoms with E-state index in [0.717, 1.165) is 13.3 Å². The van der Waals surface area contributed by atoms with Crippen LogP contribution in [0.5, 0.6) is 0 Å². The van der Waals surface area contributed by atoms with Crippen LogP contribution in [0.3, 0.4) is 0 Å². The van der Waals surface area contributed by atoms with Crippen LogP contribution in [0, 0.1) is 38.9 Å². The van der Waals surface area contributed by atoms with E-state index in [9.17, 15) is 106 Å². The number of hydrogen-bond acceptors (Lipinski definition) is 30. The fourth-order valence-corrected chi connectivity index (χ4v) is 14.7. The van der Waals surface area contributed by atoms with Crippen molar-refractivity contribution in [1.82, 2.24) is 112 Å². The van der Waals surface area contributed by atoms with Gasteiger partial charge in [-0.1, -0.05) is 34.1 Å². The van der Waals surface area contributed by atoms with Crippen LogP contribution < -0.4 is 158 Å². The zero-order valence-corrected chi connectivity index (χ0v) is 82.2. The molecule has 1 saturated heterocycles. The molecule has 18 atom stereocenters. The number of unbranched alkanes of at least 4 members (excludes halogenated alkanes) is 1. The van der Waals surface area contributed by atoms with E-state index in [2.05, 4.69) is 137 Å². The van der Waals surface area contributed by atoms with Gasteiger partial charge >= 0.3 is 11.9 Å². The number of aliphatic hydroxyl groups excluding tert-OH is 1. The first kappa shape index (κ1) is 125. The van der Waals surface area contributed by atoms with E-state index in [4.69, 9.17) is 72.9 Å². The van der Waals surface area contributed by atoms with Crippen molar-refractivity contribution in [3.63, 3.8) is 0 Å². The summed E-state index contributed by atoms with van der Waals surface area (Å²) >= 11 is 9.93. The number of rotatable bonds is 72. The Morgan fingerprint density at radius 1 is 0.379 bits per heavy atom. The van der Waals surface area contributed by atoms with Crippen LogP contribution in [-0.2, 0) is 91.1 Å². The number of carboxylic acids is 2.